The molecule has 17 atom stereocenters. The van der Waals surface area contributed by atoms with Gasteiger partial charge in [-0.2, -0.15) is 0 Å². The average Bonchev–Trinajstić information content (AvgIpc) is 3.35. The van der Waals surface area contributed by atoms with Crippen LogP contribution in [0.1, 0.15) is 25.7 Å². The minimum absolute atomic E-state index is 0.0374. The molecule has 47 heavy (non-hydrogen) atoms. The standard InChI is InChI=1S/C28H52N6O13/c29-4-3-14(36)15(37)6-10-5-13(33)23(45-26-12(32)2-1-11(7-30)42-26)25(19(10)38)47-28-22(41)24(17(9-35)44-28)46-27-18(34)21(40)20(39)16(8-31)43-27/h1,10,12-14,16-28,35-36,38-41H,2-9,29-34H2/t10-,12+,13-,14-,16-,17+,18+,19-,20+,21+,22+,23+,24+,25+,26+,27+,28-/m0/s1. The van der Waals surface area contributed by atoms with Gasteiger partial charge in [0.15, 0.2) is 18.4 Å². The van der Waals surface area contributed by atoms with Crippen molar-refractivity contribution in [2.45, 2.75) is 124 Å². The maximum absolute atomic E-state index is 12.7. The molecule has 0 aromatic heterocycles. The van der Waals surface area contributed by atoms with Crippen LogP contribution < -0.4 is 34.4 Å². The fourth-order valence-electron chi connectivity index (χ4n) is 6.37. The minimum atomic E-state index is -1.62. The number of carbonyl (C=O) groups excluding carboxylic acids is 1. The Morgan fingerprint density at radius 3 is 2.15 bits per heavy atom. The number of Topliss-reactive ketones (excluding diaryl/α,β-unsaturated/α-hetero) is 1. The van der Waals surface area contributed by atoms with Crippen LogP contribution in [0.4, 0.5) is 0 Å². The van der Waals surface area contributed by atoms with Crippen molar-refractivity contribution in [1.29, 1.82) is 0 Å². The van der Waals surface area contributed by atoms with Crippen molar-refractivity contribution in [2.24, 2.45) is 40.3 Å². The van der Waals surface area contributed by atoms with Gasteiger partial charge < -0.3 is 93.5 Å². The van der Waals surface area contributed by atoms with E-state index >= 15 is 0 Å². The monoisotopic (exact) mass is 680 g/mol. The first-order chi connectivity index (χ1) is 22.3. The first-order valence-corrected chi connectivity index (χ1v) is 15.9. The molecular weight excluding hydrogens is 628 g/mol. The molecule has 272 valence electrons. The second kappa shape index (κ2) is 17.0. The Balaban J connectivity index is 1.55. The van der Waals surface area contributed by atoms with Crippen molar-refractivity contribution in [1.82, 2.24) is 0 Å². The van der Waals surface area contributed by atoms with Crippen molar-refractivity contribution < 1.29 is 63.9 Å². The number of hydrogen-bond acceptors (Lipinski definition) is 19. The first kappa shape index (κ1) is 38.3. The minimum Gasteiger partial charge on any atom is -0.467 e. The predicted octanol–water partition coefficient (Wildman–Crippen LogP) is -6.75. The van der Waals surface area contributed by atoms with Crippen LogP contribution in [0.25, 0.3) is 0 Å². The molecule has 1 saturated carbocycles. The highest BCUT2D eigenvalue weighted by atomic mass is 16.8. The van der Waals surface area contributed by atoms with E-state index in [0.29, 0.717) is 12.2 Å². The summed E-state index contributed by atoms with van der Waals surface area (Å²) in [4.78, 5) is 12.7. The van der Waals surface area contributed by atoms with Gasteiger partial charge in [-0.3, -0.25) is 4.79 Å². The molecule has 2 saturated heterocycles. The lowest BCUT2D eigenvalue weighted by molar-refractivity contribution is -0.283. The van der Waals surface area contributed by atoms with Gasteiger partial charge >= 0.3 is 0 Å². The third-order valence-electron chi connectivity index (χ3n) is 9.18. The lowest BCUT2D eigenvalue weighted by Gasteiger charge is -2.46. The number of nitrogens with two attached hydrogens (primary N) is 6. The summed E-state index contributed by atoms with van der Waals surface area (Å²) in [5, 5.41) is 63.7. The summed E-state index contributed by atoms with van der Waals surface area (Å²) in [5.41, 5.74) is 35.7. The van der Waals surface area contributed by atoms with E-state index in [2.05, 4.69) is 0 Å². The fourth-order valence-corrected chi connectivity index (χ4v) is 6.37. The van der Waals surface area contributed by atoms with Gasteiger partial charge in [0, 0.05) is 19.0 Å². The van der Waals surface area contributed by atoms with Gasteiger partial charge in [-0.05, 0) is 37.8 Å². The summed E-state index contributed by atoms with van der Waals surface area (Å²) in [7, 11) is 0. The molecule has 0 radical (unpaired) electrons. The predicted molar refractivity (Wildman–Crippen MR) is 160 cm³/mol. The Kier molecular flexibility index (Phi) is 13.8. The van der Waals surface area contributed by atoms with Crippen LogP contribution in [0.5, 0.6) is 0 Å². The molecule has 4 aliphatic rings. The van der Waals surface area contributed by atoms with Crippen LogP contribution >= 0.6 is 0 Å². The summed E-state index contributed by atoms with van der Waals surface area (Å²) >= 11 is 0. The van der Waals surface area contributed by atoms with Crippen molar-refractivity contribution in [2.75, 3.05) is 26.2 Å². The van der Waals surface area contributed by atoms with Crippen LogP contribution in [0.15, 0.2) is 11.8 Å². The molecule has 0 amide bonds. The number of hydrogen-bond donors (Lipinski definition) is 12. The van der Waals surface area contributed by atoms with E-state index < -0.39 is 116 Å². The zero-order valence-corrected chi connectivity index (χ0v) is 26.1. The second-order valence-corrected chi connectivity index (χ2v) is 12.5. The molecule has 0 aromatic rings. The number of ketones is 1. The van der Waals surface area contributed by atoms with E-state index in [1.54, 1.807) is 6.08 Å². The van der Waals surface area contributed by atoms with Gasteiger partial charge in [0.1, 0.15) is 60.7 Å². The lowest BCUT2D eigenvalue weighted by atomic mass is 9.76. The van der Waals surface area contributed by atoms with Gasteiger partial charge in [0.05, 0.1) is 31.3 Å². The Morgan fingerprint density at radius 1 is 0.851 bits per heavy atom. The molecule has 3 heterocycles. The number of rotatable bonds is 14. The van der Waals surface area contributed by atoms with Crippen LogP contribution in [0, 0.1) is 5.92 Å². The molecule has 0 aromatic carbocycles. The lowest BCUT2D eigenvalue weighted by Crippen LogP contribution is -2.64. The molecule has 0 bridgehead atoms. The second-order valence-electron chi connectivity index (χ2n) is 12.5. The highest BCUT2D eigenvalue weighted by Gasteiger charge is 2.54. The highest BCUT2D eigenvalue weighted by Crippen LogP contribution is 2.37. The molecule has 1 aliphatic carbocycles. The van der Waals surface area contributed by atoms with Gasteiger partial charge in [0.2, 0.25) is 6.29 Å². The van der Waals surface area contributed by atoms with Gasteiger partial charge in [-0.1, -0.05) is 0 Å². The average molecular weight is 681 g/mol. The zero-order chi connectivity index (χ0) is 34.6. The van der Waals surface area contributed by atoms with Crippen molar-refractivity contribution in [3.8, 4) is 0 Å². The first-order valence-electron chi connectivity index (χ1n) is 15.9. The van der Waals surface area contributed by atoms with Gasteiger partial charge in [0.25, 0.3) is 0 Å². The van der Waals surface area contributed by atoms with Crippen LogP contribution in [0.2, 0.25) is 0 Å². The molecule has 4 rings (SSSR count). The maximum Gasteiger partial charge on any atom is 0.215 e. The van der Waals surface area contributed by atoms with Crippen LogP contribution in [-0.2, 0) is 33.2 Å². The van der Waals surface area contributed by atoms with E-state index in [4.69, 9.17) is 62.8 Å². The quantitative estimate of drug-likeness (QED) is 0.0810. The normalized spacial score (nSPS) is 44.9. The molecular formula is C28H52N6O13. The number of carbonyl (C=O) groups is 1. The van der Waals surface area contributed by atoms with E-state index in [1.165, 1.54) is 0 Å². The van der Waals surface area contributed by atoms with E-state index in [0.717, 1.165) is 0 Å². The Bertz CT molecular complexity index is 1050. The summed E-state index contributed by atoms with van der Waals surface area (Å²) in [6, 6.07) is -2.74. The van der Waals surface area contributed by atoms with Crippen molar-refractivity contribution in [3.05, 3.63) is 11.8 Å². The zero-order valence-electron chi connectivity index (χ0n) is 26.1. The van der Waals surface area contributed by atoms with Crippen LogP contribution in [0.3, 0.4) is 0 Å². The largest absolute Gasteiger partial charge is 0.467 e. The smallest absolute Gasteiger partial charge is 0.215 e. The van der Waals surface area contributed by atoms with Gasteiger partial charge in [-0.25, -0.2) is 0 Å². The Hall–Kier alpha value is -1.47. The highest BCUT2D eigenvalue weighted by molar-refractivity contribution is 5.83. The Labute approximate surface area is 272 Å². The molecule has 19 heteroatoms. The topological polar surface area (TPSA) is 350 Å². The number of aliphatic hydroxyl groups is 6. The number of ether oxygens (including phenoxy) is 6. The summed E-state index contributed by atoms with van der Waals surface area (Å²) in [6.45, 7) is -0.660. The fraction of sp³-hybridized carbons (Fsp3) is 0.893. The SMILES string of the molecule is NCC[C@H](O)C(=O)C[C@@H]1C[C@H](N)[C@@H](O[C@H]2OC(CN)=CC[C@H]2N)[C@H](O[C@@H]2O[C@H](CO)[C@@H](O[C@H]3O[C@@H](CN)[C@@H](O)[C@H](O)[C@H]3N)[C@H]2O)[C@H]1O. The van der Waals surface area contributed by atoms with Crippen molar-refractivity contribution in [3.63, 3.8) is 0 Å². The number of aliphatic hydroxyl groups excluding tert-OH is 6. The van der Waals surface area contributed by atoms with Crippen LogP contribution in [-0.4, -0.2) is 161 Å². The van der Waals surface area contributed by atoms with E-state index in [1.807, 2.05) is 0 Å². The van der Waals surface area contributed by atoms with E-state index in [-0.39, 0.29) is 38.9 Å². The molecule has 3 aliphatic heterocycles. The van der Waals surface area contributed by atoms with E-state index in [9.17, 15) is 35.4 Å². The molecule has 19 nitrogen and oxygen atoms in total. The maximum atomic E-state index is 12.7. The van der Waals surface area contributed by atoms with Crippen molar-refractivity contribution >= 4 is 5.78 Å². The summed E-state index contributed by atoms with van der Waals surface area (Å²) < 4.78 is 35.4. The molecule has 0 unspecified atom stereocenters. The summed E-state index contributed by atoms with van der Waals surface area (Å²) in [5.74, 6) is -0.906. The Morgan fingerprint density at radius 2 is 1.51 bits per heavy atom. The summed E-state index contributed by atoms with van der Waals surface area (Å²) in [6.07, 6.45) is -15.2. The third kappa shape index (κ3) is 8.64. The third-order valence-corrected chi connectivity index (χ3v) is 9.18. The molecule has 0 spiro atoms. The van der Waals surface area contributed by atoms with Gasteiger partial charge in [-0.15, -0.1) is 0 Å². The molecule has 18 N–H and O–H groups in total. The molecule has 3 fully saturated rings.